The van der Waals surface area contributed by atoms with E-state index in [4.69, 9.17) is 0 Å². The van der Waals surface area contributed by atoms with E-state index in [1.165, 1.54) is 25.0 Å². The van der Waals surface area contributed by atoms with Crippen LogP contribution >= 0.6 is 24.0 Å². The number of aliphatic imine (C=N–C) groups is 1. The summed E-state index contributed by atoms with van der Waals surface area (Å²) in [6.45, 7) is 6.92. The molecule has 1 N–H and O–H groups in total. The van der Waals surface area contributed by atoms with Crippen molar-refractivity contribution in [3.63, 3.8) is 0 Å². The Kier molecular flexibility index (Phi) is 7.86. The van der Waals surface area contributed by atoms with E-state index in [2.05, 4.69) is 21.8 Å². The van der Waals surface area contributed by atoms with E-state index in [0.29, 0.717) is 13.1 Å². The van der Waals surface area contributed by atoms with Gasteiger partial charge in [-0.15, -0.1) is 30.6 Å². The lowest BCUT2D eigenvalue weighted by Gasteiger charge is -2.20. The quantitative estimate of drug-likeness (QED) is 0.200. The molecule has 0 amide bonds. The molecule has 1 aliphatic heterocycles. The fourth-order valence-corrected chi connectivity index (χ4v) is 2.25. The summed E-state index contributed by atoms with van der Waals surface area (Å²) in [7, 11) is 0. The zero-order valence-electron chi connectivity index (χ0n) is 12.4. The summed E-state index contributed by atoms with van der Waals surface area (Å²) in [6, 6.07) is 6.52. The number of nitro benzene ring substituents is 1. The molecule has 22 heavy (non-hydrogen) atoms. The average Bonchev–Trinajstić information content (AvgIpc) is 3.02. The topological polar surface area (TPSA) is 70.8 Å². The molecule has 0 atom stereocenters. The first-order valence-corrected chi connectivity index (χ1v) is 7.08. The van der Waals surface area contributed by atoms with Gasteiger partial charge in [-0.25, -0.2) is 4.99 Å². The van der Waals surface area contributed by atoms with E-state index >= 15 is 0 Å². The Bertz CT molecular complexity index is 525. The summed E-state index contributed by atoms with van der Waals surface area (Å²) in [5.74, 6) is 0.880. The largest absolute Gasteiger partial charge is 0.353 e. The molecule has 1 aliphatic rings. The van der Waals surface area contributed by atoms with Crippen LogP contribution in [0.3, 0.4) is 0 Å². The Balaban J connectivity index is 0.00000242. The lowest BCUT2D eigenvalue weighted by atomic mass is 10.2. The number of nitro groups is 1. The summed E-state index contributed by atoms with van der Waals surface area (Å²) in [5, 5.41) is 13.9. The highest BCUT2D eigenvalue weighted by molar-refractivity contribution is 14.0. The van der Waals surface area contributed by atoms with E-state index in [1.807, 2.05) is 0 Å². The van der Waals surface area contributed by atoms with E-state index < -0.39 is 4.92 Å². The van der Waals surface area contributed by atoms with Crippen LogP contribution in [0.1, 0.15) is 18.4 Å². The van der Waals surface area contributed by atoms with Crippen LogP contribution in [0.25, 0.3) is 0 Å². The van der Waals surface area contributed by atoms with Gasteiger partial charge in [0.2, 0.25) is 0 Å². The van der Waals surface area contributed by atoms with Crippen LogP contribution in [0.4, 0.5) is 5.69 Å². The molecule has 0 bridgehead atoms. The summed E-state index contributed by atoms with van der Waals surface area (Å²) in [6.07, 6.45) is 4.18. The molecule has 0 aliphatic carbocycles. The van der Waals surface area contributed by atoms with Crippen molar-refractivity contribution in [2.24, 2.45) is 4.99 Å². The van der Waals surface area contributed by atoms with Crippen LogP contribution in [0, 0.1) is 10.1 Å². The number of guanidine groups is 1. The first-order valence-electron chi connectivity index (χ1n) is 7.08. The number of nitrogens with zero attached hydrogens (tertiary/aromatic N) is 3. The lowest BCUT2D eigenvalue weighted by Crippen LogP contribution is -2.39. The Hall–Kier alpha value is -1.64. The lowest BCUT2D eigenvalue weighted by molar-refractivity contribution is -0.384. The third-order valence-corrected chi connectivity index (χ3v) is 3.37. The summed E-state index contributed by atoms with van der Waals surface area (Å²) in [4.78, 5) is 17.1. The Morgan fingerprint density at radius 2 is 2.00 bits per heavy atom. The predicted molar refractivity (Wildman–Crippen MR) is 98.7 cm³/mol. The molecule has 1 heterocycles. The second-order valence-electron chi connectivity index (χ2n) is 4.93. The van der Waals surface area contributed by atoms with Gasteiger partial charge in [-0.1, -0.05) is 18.2 Å². The van der Waals surface area contributed by atoms with Crippen molar-refractivity contribution in [1.82, 2.24) is 10.2 Å². The van der Waals surface area contributed by atoms with Gasteiger partial charge in [0.25, 0.3) is 5.69 Å². The Morgan fingerprint density at radius 3 is 2.55 bits per heavy atom. The molecule has 2 rings (SSSR count). The molecular formula is C15H21IN4O2. The highest BCUT2D eigenvalue weighted by atomic mass is 127. The number of hydrogen-bond acceptors (Lipinski definition) is 3. The van der Waals surface area contributed by atoms with Crippen molar-refractivity contribution < 1.29 is 4.92 Å². The highest BCUT2D eigenvalue weighted by Gasteiger charge is 2.15. The van der Waals surface area contributed by atoms with Crippen LogP contribution in [0.5, 0.6) is 0 Å². The second kappa shape index (κ2) is 9.39. The maximum absolute atomic E-state index is 10.6. The number of nitrogens with one attached hydrogen (secondary N) is 1. The van der Waals surface area contributed by atoms with Crippen LogP contribution < -0.4 is 5.32 Å². The Morgan fingerprint density at radius 1 is 1.36 bits per heavy atom. The van der Waals surface area contributed by atoms with Crippen LogP contribution in [-0.2, 0) is 6.54 Å². The number of hydrogen-bond donors (Lipinski definition) is 1. The number of rotatable bonds is 5. The third kappa shape index (κ3) is 5.28. The van der Waals surface area contributed by atoms with E-state index in [1.54, 1.807) is 18.2 Å². The first kappa shape index (κ1) is 18.4. The maximum atomic E-state index is 10.6. The zero-order valence-corrected chi connectivity index (χ0v) is 14.7. The minimum Gasteiger partial charge on any atom is -0.353 e. The monoisotopic (exact) mass is 416 g/mol. The van der Waals surface area contributed by atoms with Crippen molar-refractivity contribution in [2.75, 3.05) is 19.6 Å². The van der Waals surface area contributed by atoms with Gasteiger partial charge in [-0.3, -0.25) is 10.1 Å². The van der Waals surface area contributed by atoms with Crippen molar-refractivity contribution in [2.45, 2.75) is 19.4 Å². The number of halogens is 1. The van der Waals surface area contributed by atoms with Gasteiger partial charge in [-0.05, 0) is 18.4 Å². The number of likely N-dealkylation sites (tertiary alicyclic amines) is 1. The molecule has 120 valence electrons. The minimum atomic E-state index is -0.394. The van der Waals surface area contributed by atoms with Crippen molar-refractivity contribution >= 4 is 35.6 Å². The third-order valence-electron chi connectivity index (χ3n) is 3.37. The predicted octanol–water partition coefficient (Wildman–Crippen LogP) is 2.94. The minimum absolute atomic E-state index is 0. The van der Waals surface area contributed by atoms with Gasteiger partial charge < -0.3 is 10.2 Å². The van der Waals surface area contributed by atoms with Gasteiger partial charge in [0.05, 0.1) is 11.5 Å². The normalized spacial score (nSPS) is 14.4. The average molecular weight is 416 g/mol. The fraction of sp³-hybridized carbons (Fsp3) is 0.400. The molecule has 1 aromatic rings. The van der Waals surface area contributed by atoms with E-state index in [0.717, 1.165) is 24.6 Å². The molecule has 0 unspecified atom stereocenters. The van der Waals surface area contributed by atoms with Gasteiger partial charge in [0.1, 0.15) is 0 Å². The Labute approximate surface area is 147 Å². The zero-order chi connectivity index (χ0) is 15.1. The first-order chi connectivity index (χ1) is 10.2. The van der Waals surface area contributed by atoms with Crippen LogP contribution in [0.2, 0.25) is 0 Å². The van der Waals surface area contributed by atoms with Gasteiger partial charge >= 0.3 is 0 Å². The molecule has 0 aromatic heterocycles. The molecule has 1 saturated heterocycles. The fourth-order valence-electron chi connectivity index (χ4n) is 2.25. The van der Waals surface area contributed by atoms with Gasteiger partial charge in [-0.2, -0.15) is 0 Å². The van der Waals surface area contributed by atoms with Crippen molar-refractivity contribution in [3.8, 4) is 0 Å². The highest BCUT2D eigenvalue weighted by Crippen LogP contribution is 2.13. The summed E-state index contributed by atoms with van der Waals surface area (Å²) in [5.41, 5.74) is 1.06. The van der Waals surface area contributed by atoms with Gasteiger partial charge in [0.15, 0.2) is 5.96 Å². The molecule has 7 heteroatoms. The number of benzene rings is 1. The second-order valence-corrected chi connectivity index (χ2v) is 4.93. The smallest absolute Gasteiger partial charge is 0.269 e. The molecule has 0 spiro atoms. The molecule has 6 nitrogen and oxygen atoms in total. The molecule has 1 fully saturated rings. The molecular weight excluding hydrogens is 395 g/mol. The molecule has 0 radical (unpaired) electrons. The maximum Gasteiger partial charge on any atom is 0.269 e. The van der Waals surface area contributed by atoms with Crippen molar-refractivity contribution in [3.05, 3.63) is 52.6 Å². The number of non-ortho nitro benzene ring substituents is 1. The van der Waals surface area contributed by atoms with E-state index in [-0.39, 0.29) is 29.7 Å². The molecule has 0 saturated carbocycles. The molecule has 1 aromatic carbocycles. The SMILES string of the molecule is C=CCNC(=NCc1ccc([N+](=O)[O-])cc1)N1CCCC1.I. The van der Waals surface area contributed by atoms with Crippen molar-refractivity contribution in [1.29, 1.82) is 0 Å². The summed E-state index contributed by atoms with van der Waals surface area (Å²) < 4.78 is 0. The summed E-state index contributed by atoms with van der Waals surface area (Å²) >= 11 is 0. The van der Waals surface area contributed by atoms with Crippen LogP contribution in [0.15, 0.2) is 41.9 Å². The van der Waals surface area contributed by atoms with Crippen LogP contribution in [-0.4, -0.2) is 35.4 Å². The van der Waals surface area contributed by atoms with E-state index in [9.17, 15) is 10.1 Å². The standard InChI is InChI=1S/C15H20N4O2.HI/c1-2-9-16-15(18-10-3-4-11-18)17-12-13-5-7-14(8-6-13)19(20)21;/h2,5-8H,1,3-4,9-12H2,(H,16,17);1H. The van der Waals surface area contributed by atoms with Gasteiger partial charge in [0, 0.05) is 31.8 Å².